The fourth-order valence-electron chi connectivity index (χ4n) is 2.65. The largest absolute Gasteiger partial charge is 0.481 e. The van der Waals surface area contributed by atoms with Gasteiger partial charge in [-0.05, 0) is 37.3 Å². The van der Waals surface area contributed by atoms with Crippen LogP contribution in [0.1, 0.15) is 62.2 Å². The van der Waals surface area contributed by atoms with Crippen molar-refractivity contribution in [1.82, 2.24) is 15.6 Å². The number of rotatable bonds is 8. The summed E-state index contributed by atoms with van der Waals surface area (Å²) in [6, 6.07) is 1.73. The number of aliphatic imine (C=N–C) groups is 1. The maximum absolute atomic E-state index is 12.6. The average molecular weight is 374 g/mol. The second kappa shape index (κ2) is 8.28. The van der Waals surface area contributed by atoms with Crippen molar-refractivity contribution in [2.24, 2.45) is 10.9 Å². The molecule has 0 spiro atoms. The number of pyridine rings is 1. The van der Waals surface area contributed by atoms with Gasteiger partial charge in [0.2, 0.25) is 0 Å². The fourth-order valence-corrected chi connectivity index (χ4v) is 2.65. The summed E-state index contributed by atoms with van der Waals surface area (Å²) < 4.78 is 0. The summed E-state index contributed by atoms with van der Waals surface area (Å²) in [5.74, 6) is -1.22. The van der Waals surface area contributed by atoms with Crippen LogP contribution in [-0.2, 0) is 16.0 Å². The summed E-state index contributed by atoms with van der Waals surface area (Å²) in [7, 11) is 0. The molecule has 0 saturated carbocycles. The Bertz CT molecular complexity index is 788. The van der Waals surface area contributed by atoms with Crippen LogP contribution in [0, 0.1) is 5.92 Å². The highest BCUT2D eigenvalue weighted by Gasteiger charge is 2.43. The Kier molecular flexibility index (Phi) is 6.30. The Balaban J connectivity index is 2.31. The van der Waals surface area contributed by atoms with Gasteiger partial charge in [0.1, 0.15) is 11.2 Å². The summed E-state index contributed by atoms with van der Waals surface area (Å²) in [6.45, 7) is 7.77. The Morgan fingerprint density at radius 2 is 2.07 bits per heavy atom. The third-order valence-electron chi connectivity index (χ3n) is 4.83. The molecule has 0 aliphatic carbocycles. The average Bonchev–Trinajstić information content (AvgIpc) is 2.94. The van der Waals surface area contributed by atoms with E-state index in [4.69, 9.17) is 5.11 Å². The van der Waals surface area contributed by atoms with E-state index in [2.05, 4.69) is 20.6 Å². The van der Waals surface area contributed by atoms with Gasteiger partial charge >= 0.3 is 5.97 Å². The first-order valence-electron chi connectivity index (χ1n) is 9.09. The van der Waals surface area contributed by atoms with Crippen LogP contribution in [0.25, 0.3) is 0 Å². The molecule has 8 nitrogen and oxygen atoms in total. The molecule has 1 unspecified atom stereocenters. The van der Waals surface area contributed by atoms with Crippen LogP contribution in [0.4, 0.5) is 0 Å². The van der Waals surface area contributed by atoms with Crippen LogP contribution >= 0.6 is 0 Å². The van der Waals surface area contributed by atoms with Crippen molar-refractivity contribution in [2.45, 2.75) is 52.5 Å². The lowest BCUT2D eigenvalue weighted by Crippen LogP contribution is -2.41. The van der Waals surface area contributed by atoms with E-state index in [0.717, 1.165) is 5.56 Å². The molecule has 0 radical (unpaired) electrons. The highest BCUT2D eigenvalue weighted by Crippen LogP contribution is 2.27. The number of carboxylic acid groups (broad SMARTS) is 1. The van der Waals surface area contributed by atoms with Crippen LogP contribution in [0.2, 0.25) is 0 Å². The molecule has 0 fully saturated rings. The van der Waals surface area contributed by atoms with Crippen molar-refractivity contribution in [1.29, 1.82) is 0 Å². The number of hydrogen-bond donors (Lipinski definition) is 3. The zero-order valence-corrected chi connectivity index (χ0v) is 16.1. The number of carbonyl (C=O) groups excluding carboxylic acids is 2. The maximum atomic E-state index is 12.6. The van der Waals surface area contributed by atoms with Crippen LogP contribution < -0.4 is 10.6 Å². The van der Waals surface area contributed by atoms with Gasteiger partial charge in [-0.15, -0.1) is 0 Å². The number of hydrogen-bond acceptors (Lipinski definition) is 5. The third kappa shape index (κ3) is 4.50. The number of aryl methyl sites for hydroxylation is 1. The second-order valence-corrected chi connectivity index (χ2v) is 7.06. The summed E-state index contributed by atoms with van der Waals surface area (Å²) in [5, 5.41) is 14.2. The molecule has 1 aromatic heterocycles. The number of carbonyl (C=O) groups is 3. The van der Waals surface area contributed by atoms with E-state index >= 15 is 0 Å². The summed E-state index contributed by atoms with van der Waals surface area (Å²) in [6.07, 6.45) is 2.68. The molecule has 0 aromatic carbocycles. The van der Waals surface area contributed by atoms with E-state index in [9.17, 15) is 14.4 Å². The molecular weight excluding hydrogens is 348 g/mol. The van der Waals surface area contributed by atoms with Gasteiger partial charge in [-0.3, -0.25) is 19.4 Å². The normalized spacial score (nSPS) is 19.0. The van der Waals surface area contributed by atoms with Crippen LogP contribution in [0.3, 0.4) is 0 Å². The lowest BCUT2D eigenvalue weighted by molar-refractivity contribution is -0.137. The van der Waals surface area contributed by atoms with Crippen molar-refractivity contribution >= 4 is 23.6 Å². The molecule has 2 heterocycles. The molecule has 27 heavy (non-hydrogen) atoms. The van der Waals surface area contributed by atoms with Crippen molar-refractivity contribution < 1.29 is 19.5 Å². The Morgan fingerprint density at radius 3 is 2.63 bits per heavy atom. The number of aromatic nitrogens is 1. The van der Waals surface area contributed by atoms with Crippen molar-refractivity contribution in [3.63, 3.8) is 0 Å². The molecule has 1 aliphatic rings. The molecule has 1 aliphatic heterocycles. The quantitative estimate of drug-likeness (QED) is 0.596. The number of carboxylic acids is 1. The minimum absolute atomic E-state index is 0.0155. The molecule has 3 N–H and O–H groups in total. The molecule has 0 saturated heterocycles. The van der Waals surface area contributed by atoms with Gasteiger partial charge in [0.25, 0.3) is 11.8 Å². The van der Waals surface area contributed by atoms with Crippen LogP contribution in [0.5, 0.6) is 0 Å². The van der Waals surface area contributed by atoms with Crippen molar-refractivity contribution in [3.05, 3.63) is 29.1 Å². The predicted octanol–water partition coefficient (Wildman–Crippen LogP) is 1.53. The van der Waals surface area contributed by atoms with Gasteiger partial charge in [0.15, 0.2) is 5.84 Å². The number of amidine groups is 1. The summed E-state index contributed by atoms with van der Waals surface area (Å²) >= 11 is 0. The van der Waals surface area contributed by atoms with Gasteiger partial charge in [0.05, 0.1) is 5.56 Å². The number of nitrogens with zero attached hydrogens (tertiary/aromatic N) is 2. The second-order valence-electron chi connectivity index (χ2n) is 7.06. The molecule has 0 bridgehead atoms. The Labute approximate surface area is 158 Å². The summed E-state index contributed by atoms with van der Waals surface area (Å²) in [5.41, 5.74) is 0.610. The van der Waals surface area contributed by atoms with Gasteiger partial charge in [0, 0.05) is 19.2 Å². The molecule has 2 amide bonds. The van der Waals surface area contributed by atoms with Crippen molar-refractivity contribution in [2.75, 3.05) is 6.54 Å². The SMILES string of the molecule is CCc1cnc(C2=NC(C)(C(C)C)C(=O)N2)c(C(=O)NCCCC(=O)O)c1. The Morgan fingerprint density at radius 1 is 1.37 bits per heavy atom. The molecule has 1 aromatic rings. The van der Waals surface area contributed by atoms with E-state index in [1.165, 1.54) is 0 Å². The highest BCUT2D eigenvalue weighted by molar-refractivity contribution is 6.18. The monoisotopic (exact) mass is 374 g/mol. The van der Waals surface area contributed by atoms with E-state index in [1.54, 1.807) is 19.2 Å². The highest BCUT2D eigenvalue weighted by atomic mass is 16.4. The van der Waals surface area contributed by atoms with E-state index in [0.29, 0.717) is 24.1 Å². The maximum Gasteiger partial charge on any atom is 0.303 e. The van der Waals surface area contributed by atoms with Gasteiger partial charge in [-0.1, -0.05) is 20.8 Å². The summed E-state index contributed by atoms with van der Waals surface area (Å²) in [4.78, 5) is 44.5. The first-order chi connectivity index (χ1) is 12.7. The smallest absolute Gasteiger partial charge is 0.303 e. The predicted molar refractivity (Wildman–Crippen MR) is 101 cm³/mol. The minimum Gasteiger partial charge on any atom is -0.481 e. The molecular formula is C19H26N4O4. The third-order valence-corrected chi connectivity index (χ3v) is 4.83. The van der Waals surface area contributed by atoms with E-state index < -0.39 is 11.5 Å². The number of aliphatic carboxylic acids is 1. The Hall–Kier alpha value is -2.77. The molecule has 2 rings (SSSR count). The van der Waals surface area contributed by atoms with Gasteiger partial charge < -0.3 is 15.7 Å². The molecule has 8 heteroatoms. The lowest BCUT2D eigenvalue weighted by Gasteiger charge is -2.21. The first-order valence-corrected chi connectivity index (χ1v) is 9.09. The van der Waals surface area contributed by atoms with Crippen LogP contribution in [-0.4, -0.2) is 45.8 Å². The van der Waals surface area contributed by atoms with Crippen molar-refractivity contribution in [3.8, 4) is 0 Å². The standard InChI is InChI=1S/C19H26N4O4/c1-5-12-9-13(17(26)20-8-6-7-14(24)25)15(21-10-12)16-22-18(27)19(4,23-16)11(2)3/h9-11H,5-8H2,1-4H3,(H,20,26)(H,24,25)(H,22,23,27). The zero-order chi connectivity index (χ0) is 20.2. The van der Waals surface area contributed by atoms with E-state index in [1.807, 2.05) is 20.8 Å². The minimum atomic E-state index is -0.907. The molecule has 146 valence electrons. The number of nitrogens with one attached hydrogen (secondary N) is 2. The zero-order valence-electron chi connectivity index (χ0n) is 16.1. The van der Waals surface area contributed by atoms with Crippen LogP contribution in [0.15, 0.2) is 17.3 Å². The first kappa shape index (κ1) is 20.5. The fraction of sp³-hybridized carbons (Fsp3) is 0.526. The topological polar surface area (TPSA) is 121 Å². The van der Waals surface area contributed by atoms with Gasteiger partial charge in [-0.25, -0.2) is 4.99 Å². The number of amides is 2. The lowest BCUT2D eigenvalue weighted by atomic mass is 9.89. The van der Waals surface area contributed by atoms with E-state index in [-0.39, 0.29) is 36.5 Å². The van der Waals surface area contributed by atoms with Gasteiger partial charge in [-0.2, -0.15) is 0 Å². The molecule has 1 atom stereocenters.